The van der Waals surface area contributed by atoms with E-state index in [9.17, 15) is 0 Å². The topological polar surface area (TPSA) is 53.1 Å². The first-order valence-electron chi connectivity index (χ1n) is 5.88. The Kier molecular flexibility index (Phi) is 3.43. The number of nitrogen functional groups attached to an aromatic ring is 1. The SMILES string of the molecule is CC1CN(c2cccc(Br)c2C(=N)N)CC1C. The lowest BCUT2D eigenvalue weighted by Gasteiger charge is -2.22. The van der Waals surface area contributed by atoms with Gasteiger partial charge < -0.3 is 10.6 Å². The maximum Gasteiger partial charge on any atom is 0.126 e. The molecule has 0 amide bonds. The van der Waals surface area contributed by atoms with Crippen molar-refractivity contribution in [3.05, 3.63) is 28.2 Å². The molecule has 1 aliphatic heterocycles. The van der Waals surface area contributed by atoms with Gasteiger partial charge in [0.05, 0.1) is 5.56 Å². The van der Waals surface area contributed by atoms with Crippen LogP contribution in [0.4, 0.5) is 5.69 Å². The van der Waals surface area contributed by atoms with Crippen LogP contribution in [-0.2, 0) is 0 Å². The van der Waals surface area contributed by atoms with Crippen molar-refractivity contribution in [2.75, 3.05) is 18.0 Å². The molecule has 17 heavy (non-hydrogen) atoms. The normalized spacial score (nSPS) is 24.1. The number of nitrogens with zero attached hydrogens (tertiary/aromatic N) is 1. The average molecular weight is 296 g/mol. The van der Waals surface area contributed by atoms with Gasteiger partial charge in [-0.3, -0.25) is 5.41 Å². The highest BCUT2D eigenvalue weighted by molar-refractivity contribution is 9.10. The van der Waals surface area contributed by atoms with Crippen molar-refractivity contribution in [1.29, 1.82) is 5.41 Å². The molecule has 1 aromatic rings. The highest BCUT2D eigenvalue weighted by Gasteiger charge is 2.28. The largest absolute Gasteiger partial charge is 0.384 e. The zero-order valence-electron chi connectivity index (χ0n) is 10.2. The van der Waals surface area contributed by atoms with Gasteiger partial charge in [-0.25, -0.2) is 0 Å². The highest BCUT2D eigenvalue weighted by Crippen LogP contribution is 2.33. The summed E-state index contributed by atoms with van der Waals surface area (Å²) < 4.78 is 0.898. The predicted octanol–water partition coefficient (Wildman–Crippen LogP) is 2.83. The fourth-order valence-corrected chi connectivity index (χ4v) is 2.94. The summed E-state index contributed by atoms with van der Waals surface area (Å²) in [5.74, 6) is 1.50. The van der Waals surface area contributed by atoms with E-state index < -0.39 is 0 Å². The van der Waals surface area contributed by atoms with Gasteiger partial charge in [0.25, 0.3) is 0 Å². The van der Waals surface area contributed by atoms with Gasteiger partial charge in [0, 0.05) is 23.2 Å². The minimum absolute atomic E-state index is 0.125. The van der Waals surface area contributed by atoms with Crippen molar-refractivity contribution in [2.24, 2.45) is 17.6 Å². The minimum Gasteiger partial charge on any atom is -0.384 e. The summed E-state index contributed by atoms with van der Waals surface area (Å²) in [5, 5.41) is 7.70. The van der Waals surface area contributed by atoms with Gasteiger partial charge in [-0.2, -0.15) is 0 Å². The van der Waals surface area contributed by atoms with Crippen LogP contribution in [0.15, 0.2) is 22.7 Å². The van der Waals surface area contributed by atoms with E-state index in [0.29, 0.717) is 11.8 Å². The van der Waals surface area contributed by atoms with Crippen LogP contribution in [-0.4, -0.2) is 18.9 Å². The molecule has 0 aromatic heterocycles. The minimum atomic E-state index is 0.125. The number of hydrogen-bond donors (Lipinski definition) is 2. The summed E-state index contributed by atoms with van der Waals surface area (Å²) in [4.78, 5) is 2.33. The Labute approximate surface area is 111 Å². The van der Waals surface area contributed by atoms with Crippen LogP contribution < -0.4 is 10.6 Å². The van der Waals surface area contributed by atoms with Crippen LogP contribution in [0.5, 0.6) is 0 Å². The third-order valence-corrected chi connectivity index (χ3v) is 4.25. The molecule has 2 atom stereocenters. The van der Waals surface area contributed by atoms with Gasteiger partial charge in [-0.1, -0.05) is 19.9 Å². The first kappa shape index (κ1) is 12.4. The lowest BCUT2D eigenvalue weighted by Crippen LogP contribution is -2.24. The van der Waals surface area contributed by atoms with E-state index in [-0.39, 0.29) is 5.84 Å². The van der Waals surface area contributed by atoms with Gasteiger partial charge >= 0.3 is 0 Å². The fourth-order valence-electron chi connectivity index (χ4n) is 2.37. The maximum atomic E-state index is 7.70. The lowest BCUT2D eigenvalue weighted by atomic mass is 10.0. The monoisotopic (exact) mass is 295 g/mol. The number of anilines is 1. The van der Waals surface area contributed by atoms with Crippen molar-refractivity contribution < 1.29 is 0 Å². The molecule has 92 valence electrons. The van der Waals surface area contributed by atoms with Gasteiger partial charge in [0.1, 0.15) is 5.84 Å². The zero-order valence-corrected chi connectivity index (χ0v) is 11.8. The molecule has 1 aliphatic rings. The molecular weight excluding hydrogens is 278 g/mol. The number of hydrogen-bond acceptors (Lipinski definition) is 2. The third kappa shape index (κ3) is 2.32. The number of nitrogens with two attached hydrogens (primary N) is 1. The molecule has 2 unspecified atom stereocenters. The van der Waals surface area contributed by atoms with Gasteiger partial charge in [0.15, 0.2) is 0 Å². The van der Waals surface area contributed by atoms with E-state index in [2.05, 4.69) is 34.7 Å². The Bertz CT molecular complexity index is 434. The summed E-state index contributed by atoms with van der Waals surface area (Å²) in [7, 11) is 0. The van der Waals surface area contributed by atoms with E-state index in [1.54, 1.807) is 0 Å². The Morgan fingerprint density at radius 3 is 2.47 bits per heavy atom. The molecule has 0 saturated carbocycles. The molecule has 1 saturated heterocycles. The molecule has 0 aliphatic carbocycles. The van der Waals surface area contributed by atoms with Gasteiger partial charge in [-0.05, 0) is 39.9 Å². The standard InChI is InChI=1S/C13H18BrN3/c1-8-6-17(7-9(8)2)11-5-3-4-10(14)12(11)13(15)16/h3-5,8-9H,6-7H2,1-2H3,(H3,15,16). The molecule has 3 nitrogen and oxygen atoms in total. The molecule has 1 fully saturated rings. The van der Waals surface area contributed by atoms with E-state index in [1.807, 2.05) is 18.2 Å². The van der Waals surface area contributed by atoms with E-state index in [4.69, 9.17) is 11.1 Å². The van der Waals surface area contributed by atoms with Crippen molar-refractivity contribution >= 4 is 27.5 Å². The molecule has 1 aromatic carbocycles. The molecule has 1 heterocycles. The maximum absolute atomic E-state index is 7.70. The molecule has 4 heteroatoms. The third-order valence-electron chi connectivity index (χ3n) is 3.59. The Morgan fingerprint density at radius 1 is 1.35 bits per heavy atom. The number of nitrogens with one attached hydrogen (secondary N) is 1. The Morgan fingerprint density at radius 2 is 1.94 bits per heavy atom. The number of halogens is 1. The van der Waals surface area contributed by atoms with Crippen LogP contribution in [0.25, 0.3) is 0 Å². The second-order valence-corrected chi connectivity index (χ2v) is 5.76. The van der Waals surface area contributed by atoms with Crippen molar-refractivity contribution in [3.63, 3.8) is 0 Å². The Balaban J connectivity index is 2.39. The van der Waals surface area contributed by atoms with E-state index in [1.165, 1.54) is 0 Å². The summed E-state index contributed by atoms with van der Waals surface area (Å²) >= 11 is 3.48. The van der Waals surface area contributed by atoms with Gasteiger partial charge in [-0.15, -0.1) is 0 Å². The van der Waals surface area contributed by atoms with Crippen LogP contribution in [0.2, 0.25) is 0 Å². The average Bonchev–Trinajstić information content (AvgIpc) is 2.58. The molecule has 2 rings (SSSR count). The Hall–Kier alpha value is -1.03. The number of amidine groups is 1. The lowest BCUT2D eigenvalue weighted by molar-refractivity contribution is 0.494. The van der Waals surface area contributed by atoms with E-state index >= 15 is 0 Å². The summed E-state index contributed by atoms with van der Waals surface area (Å²) in [6.07, 6.45) is 0. The second kappa shape index (κ2) is 4.69. The van der Waals surface area contributed by atoms with Crippen LogP contribution in [0, 0.1) is 17.2 Å². The first-order valence-corrected chi connectivity index (χ1v) is 6.68. The van der Waals surface area contributed by atoms with E-state index in [0.717, 1.165) is 28.8 Å². The van der Waals surface area contributed by atoms with Crippen LogP contribution in [0.1, 0.15) is 19.4 Å². The molecule has 0 spiro atoms. The van der Waals surface area contributed by atoms with Crippen LogP contribution in [0.3, 0.4) is 0 Å². The molecule has 0 radical (unpaired) electrons. The van der Waals surface area contributed by atoms with Crippen molar-refractivity contribution in [2.45, 2.75) is 13.8 Å². The number of rotatable bonds is 2. The predicted molar refractivity (Wildman–Crippen MR) is 75.7 cm³/mol. The molecule has 3 N–H and O–H groups in total. The van der Waals surface area contributed by atoms with Crippen LogP contribution >= 0.6 is 15.9 Å². The summed E-state index contributed by atoms with van der Waals surface area (Å²) in [6.45, 7) is 6.63. The van der Waals surface area contributed by atoms with Crippen molar-refractivity contribution in [1.82, 2.24) is 0 Å². The highest BCUT2D eigenvalue weighted by atomic mass is 79.9. The van der Waals surface area contributed by atoms with Crippen molar-refractivity contribution in [3.8, 4) is 0 Å². The summed E-state index contributed by atoms with van der Waals surface area (Å²) in [6, 6.07) is 5.98. The zero-order chi connectivity index (χ0) is 12.6. The molecular formula is C13H18BrN3. The quantitative estimate of drug-likeness (QED) is 0.651. The van der Waals surface area contributed by atoms with Gasteiger partial charge in [0.2, 0.25) is 0 Å². The second-order valence-electron chi connectivity index (χ2n) is 4.91. The number of benzene rings is 1. The first-order chi connectivity index (χ1) is 8.00. The fraction of sp³-hybridized carbons (Fsp3) is 0.462. The summed E-state index contributed by atoms with van der Waals surface area (Å²) in [5.41, 5.74) is 7.56. The smallest absolute Gasteiger partial charge is 0.126 e. The molecule has 0 bridgehead atoms.